The van der Waals surface area contributed by atoms with Gasteiger partial charge in [-0.1, -0.05) is 6.92 Å². The third kappa shape index (κ3) is 4.16. The van der Waals surface area contributed by atoms with Gasteiger partial charge in [-0.25, -0.2) is 17.8 Å². The number of anilines is 1. The molecule has 3 aromatic rings. The number of carbonyl (C=O) groups is 1. The maximum Gasteiger partial charge on any atom is 0.232 e. The highest BCUT2D eigenvalue weighted by atomic mass is 127. The van der Waals surface area contributed by atoms with Crippen LogP contribution in [0.3, 0.4) is 0 Å². The molecule has 2 N–H and O–H groups in total. The number of pyridine rings is 1. The lowest BCUT2D eigenvalue weighted by Gasteiger charge is -2.12. The summed E-state index contributed by atoms with van der Waals surface area (Å²) >= 11 is 5.09. The molecule has 2 heterocycles. The number of rotatable bonds is 6. The van der Waals surface area contributed by atoms with Gasteiger partial charge in [-0.05, 0) is 63.1 Å². The summed E-state index contributed by atoms with van der Waals surface area (Å²) in [6, 6.07) is 4.11. The molecule has 0 saturated heterocycles. The zero-order valence-electron chi connectivity index (χ0n) is 14.0. The second-order valence-corrected chi connectivity index (χ2v) is 9.62. The smallest absolute Gasteiger partial charge is 0.232 e. The minimum absolute atomic E-state index is 0.0636. The van der Waals surface area contributed by atoms with Crippen molar-refractivity contribution in [2.75, 3.05) is 10.5 Å². The quantitative estimate of drug-likeness (QED) is 0.341. The molecule has 0 atom stereocenters. The molecule has 1 aromatic carbocycles. The average molecular weight is 566 g/mol. The molecule has 2 aromatic heterocycles. The number of aromatic amines is 1. The summed E-state index contributed by atoms with van der Waals surface area (Å²) in [7, 11) is -3.57. The van der Waals surface area contributed by atoms with Crippen molar-refractivity contribution in [1.82, 2.24) is 9.97 Å². The van der Waals surface area contributed by atoms with E-state index < -0.39 is 21.6 Å². The van der Waals surface area contributed by atoms with Crippen molar-refractivity contribution in [3.05, 3.63) is 55.6 Å². The second-order valence-electron chi connectivity index (χ2n) is 5.79. The summed E-state index contributed by atoms with van der Waals surface area (Å²) in [5, 5.41) is 0.543. The van der Waals surface area contributed by atoms with E-state index in [1.165, 1.54) is 12.3 Å². The monoisotopic (exact) mass is 565 g/mol. The fourth-order valence-electron chi connectivity index (χ4n) is 2.63. The number of fused-ring (bicyclic) bond motifs is 1. The van der Waals surface area contributed by atoms with Crippen LogP contribution in [0.25, 0.3) is 11.0 Å². The van der Waals surface area contributed by atoms with Gasteiger partial charge in [0, 0.05) is 27.8 Å². The van der Waals surface area contributed by atoms with Crippen LogP contribution in [0.4, 0.5) is 10.1 Å². The van der Waals surface area contributed by atoms with Crippen LogP contribution < -0.4 is 4.72 Å². The molecule has 142 valence electrons. The van der Waals surface area contributed by atoms with E-state index in [4.69, 9.17) is 0 Å². The van der Waals surface area contributed by atoms with Crippen molar-refractivity contribution >= 4 is 71.0 Å². The SMILES string of the molecule is CCCS(=O)(=O)Nc1ccc(F)c(C(=O)c2c[nH]c3ncc(Br)cc23)c1I. The lowest BCUT2D eigenvalue weighted by Crippen LogP contribution is -2.18. The molecule has 0 saturated carbocycles. The molecule has 6 nitrogen and oxygen atoms in total. The number of hydrogen-bond acceptors (Lipinski definition) is 4. The van der Waals surface area contributed by atoms with Gasteiger partial charge < -0.3 is 4.98 Å². The number of carbonyl (C=O) groups excluding carboxylic acids is 1. The van der Waals surface area contributed by atoms with Crippen LogP contribution in [0.2, 0.25) is 0 Å². The van der Waals surface area contributed by atoms with E-state index in [0.29, 0.717) is 21.9 Å². The first-order valence-corrected chi connectivity index (χ1v) is 11.4. The summed E-state index contributed by atoms with van der Waals surface area (Å²) in [4.78, 5) is 20.1. The number of ketones is 1. The molecule has 0 aliphatic rings. The molecule has 0 bridgehead atoms. The largest absolute Gasteiger partial charge is 0.345 e. The zero-order chi connectivity index (χ0) is 19.8. The van der Waals surface area contributed by atoms with Crippen LogP contribution in [0.5, 0.6) is 0 Å². The van der Waals surface area contributed by atoms with Gasteiger partial charge in [-0.2, -0.15) is 0 Å². The lowest BCUT2D eigenvalue weighted by molar-refractivity contribution is 0.103. The Balaban J connectivity index is 2.09. The first-order valence-electron chi connectivity index (χ1n) is 7.89. The minimum atomic E-state index is -3.57. The Morgan fingerprint density at radius 3 is 2.85 bits per heavy atom. The van der Waals surface area contributed by atoms with E-state index in [2.05, 4.69) is 30.6 Å². The Labute approximate surface area is 177 Å². The molecule has 0 radical (unpaired) electrons. The average Bonchev–Trinajstić information content (AvgIpc) is 3.00. The summed E-state index contributed by atoms with van der Waals surface area (Å²) in [5.41, 5.74) is 0.738. The van der Waals surface area contributed by atoms with Crippen molar-refractivity contribution in [2.45, 2.75) is 13.3 Å². The highest BCUT2D eigenvalue weighted by Crippen LogP contribution is 2.30. The molecule has 0 aliphatic heterocycles. The fourth-order valence-corrected chi connectivity index (χ4v) is 5.10. The van der Waals surface area contributed by atoms with Gasteiger partial charge in [-0.3, -0.25) is 9.52 Å². The Morgan fingerprint density at radius 2 is 2.15 bits per heavy atom. The lowest BCUT2D eigenvalue weighted by atomic mass is 10.0. The topological polar surface area (TPSA) is 91.9 Å². The standard InChI is InChI=1S/C17H14BrFIN3O3S/c1-2-5-27(25,26)23-13-4-3-12(19)14(15(13)20)16(24)11-8-22-17-10(11)6-9(18)7-21-17/h3-4,6-8,23H,2,5H2,1H3,(H,21,22). The Hall–Kier alpha value is -1.53. The van der Waals surface area contributed by atoms with E-state index in [9.17, 15) is 17.6 Å². The van der Waals surface area contributed by atoms with Crippen LogP contribution in [-0.4, -0.2) is 29.9 Å². The number of hydrogen-bond donors (Lipinski definition) is 2. The number of aromatic nitrogens is 2. The number of benzene rings is 1. The molecular weight excluding hydrogens is 552 g/mol. The van der Waals surface area contributed by atoms with E-state index in [0.717, 1.165) is 6.07 Å². The number of nitrogens with one attached hydrogen (secondary N) is 2. The summed E-state index contributed by atoms with van der Waals surface area (Å²) in [6.07, 6.45) is 3.49. The van der Waals surface area contributed by atoms with Gasteiger partial charge in [0.25, 0.3) is 0 Å². The van der Waals surface area contributed by atoms with Gasteiger partial charge in [0.15, 0.2) is 5.78 Å². The predicted octanol–water partition coefficient (Wildman–Crippen LogP) is 4.45. The third-order valence-electron chi connectivity index (χ3n) is 3.80. The van der Waals surface area contributed by atoms with Crippen molar-refractivity contribution in [2.24, 2.45) is 0 Å². The highest BCUT2D eigenvalue weighted by Gasteiger charge is 2.24. The highest BCUT2D eigenvalue weighted by molar-refractivity contribution is 14.1. The van der Waals surface area contributed by atoms with Gasteiger partial charge in [0.2, 0.25) is 10.0 Å². The summed E-state index contributed by atoms with van der Waals surface area (Å²) in [6.45, 7) is 1.74. The van der Waals surface area contributed by atoms with Crippen LogP contribution in [-0.2, 0) is 10.0 Å². The van der Waals surface area contributed by atoms with E-state index in [-0.39, 0.29) is 26.1 Å². The van der Waals surface area contributed by atoms with Crippen LogP contribution in [0, 0.1) is 9.39 Å². The Kier molecular flexibility index (Phi) is 5.87. The van der Waals surface area contributed by atoms with Gasteiger partial charge in [-0.15, -0.1) is 0 Å². The van der Waals surface area contributed by atoms with Gasteiger partial charge in [0.05, 0.1) is 20.6 Å². The Morgan fingerprint density at radius 1 is 1.41 bits per heavy atom. The van der Waals surface area contributed by atoms with Crippen LogP contribution in [0.1, 0.15) is 29.3 Å². The first kappa shape index (κ1) is 20.2. The molecule has 27 heavy (non-hydrogen) atoms. The van der Waals surface area contributed by atoms with Crippen molar-refractivity contribution in [1.29, 1.82) is 0 Å². The fraction of sp³-hybridized carbons (Fsp3) is 0.176. The zero-order valence-corrected chi connectivity index (χ0v) is 18.6. The van der Waals surface area contributed by atoms with Crippen molar-refractivity contribution in [3.63, 3.8) is 0 Å². The maximum absolute atomic E-state index is 14.5. The number of halogens is 3. The molecule has 0 aliphatic carbocycles. The molecule has 0 spiro atoms. The number of H-pyrrole nitrogens is 1. The van der Waals surface area contributed by atoms with Crippen LogP contribution in [0.15, 0.2) is 35.1 Å². The predicted molar refractivity (Wildman–Crippen MR) is 114 cm³/mol. The van der Waals surface area contributed by atoms with Crippen molar-refractivity contribution in [3.8, 4) is 0 Å². The third-order valence-corrected chi connectivity index (χ3v) is 6.83. The Bertz CT molecular complexity index is 1150. The van der Waals surface area contributed by atoms with E-state index in [1.54, 1.807) is 41.8 Å². The van der Waals surface area contributed by atoms with Crippen LogP contribution >= 0.6 is 38.5 Å². The van der Waals surface area contributed by atoms with E-state index in [1.807, 2.05) is 0 Å². The van der Waals surface area contributed by atoms with Gasteiger partial charge in [0.1, 0.15) is 11.5 Å². The minimum Gasteiger partial charge on any atom is -0.345 e. The summed E-state index contributed by atoms with van der Waals surface area (Å²) < 4.78 is 41.9. The molecular formula is C17H14BrFIN3O3S. The molecule has 0 fully saturated rings. The number of sulfonamides is 1. The normalized spacial score (nSPS) is 11.7. The molecule has 0 unspecified atom stereocenters. The number of nitrogens with zero attached hydrogens (tertiary/aromatic N) is 1. The first-order chi connectivity index (χ1) is 12.7. The molecule has 10 heteroatoms. The van der Waals surface area contributed by atoms with Crippen molar-refractivity contribution < 1.29 is 17.6 Å². The van der Waals surface area contributed by atoms with Gasteiger partial charge >= 0.3 is 0 Å². The second kappa shape index (κ2) is 7.84. The maximum atomic E-state index is 14.5. The van der Waals surface area contributed by atoms with E-state index >= 15 is 0 Å². The molecule has 0 amide bonds. The summed E-state index contributed by atoms with van der Waals surface area (Å²) in [5.74, 6) is -1.34. The molecule has 3 rings (SSSR count).